The molecule has 7 rings (SSSR count). The van der Waals surface area contributed by atoms with E-state index in [1.54, 1.807) is 7.11 Å². The van der Waals surface area contributed by atoms with Crippen LogP contribution in [0.25, 0.3) is 5.69 Å². The van der Waals surface area contributed by atoms with Crippen LogP contribution in [0.1, 0.15) is 17.4 Å². The van der Waals surface area contributed by atoms with Gasteiger partial charge in [0.1, 0.15) is 11.9 Å². The molecule has 1 fully saturated rings. The number of aliphatic imine (C=N–C) groups is 2. The van der Waals surface area contributed by atoms with Gasteiger partial charge >= 0.3 is 0 Å². The summed E-state index contributed by atoms with van der Waals surface area (Å²) in [6, 6.07) is 26.3. The number of hydrogen-bond donors (Lipinski definition) is 1. The number of nitrogens with zero attached hydrogens (tertiary/aromatic N) is 6. The summed E-state index contributed by atoms with van der Waals surface area (Å²) in [5.41, 5.74) is 5.84. The molecule has 0 spiro atoms. The first-order chi connectivity index (χ1) is 19.2. The summed E-state index contributed by atoms with van der Waals surface area (Å²) < 4.78 is 13.1. The first kappa shape index (κ1) is 23.6. The normalized spacial score (nSPS) is 18.4. The molecule has 3 aromatic carbocycles. The van der Waals surface area contributed by atoms with Crippen LogP contribution < -0.4 is 15.0 Å². The molecule has 0 saturated carbocycles. The van der Waals surface area contributed by atoms with E-state index in [-0.39, 0.29) is 6.17 Å². The highest BCUT2D eigenvalue weighted by molar-refractivity contribution is 6.51. The second-order valence-electron chi connectivity index (χ2n) is 9.70. The number of anilines is 2. The van der Waals surface area contributed by atoms with Crippen LogP contribution in [-0.2, 0) is 4.74 Å². The highest BCUT2D eigenvalue weighted by Gasteiger charge is 2.43. The number of ether oxygens (including phenoxy) is 2. The Hall–Kier alpha value is -4.47. The smallest absolute Gasteiger partial charge is 0.180 e. The minimum atomic E-state index is -0.113. The van der Waals surface area contributed by atoms with Gasteiger partial charge in [-0.15, -0.1) is 0 Å². The Kier molecular flexibility index (Phi) is 5.87. The number of fused-ring (bicyclic) bond motifs is 4. The van der Waals surface area contributed by atoms with Crippen LogP contribution in [0, 0.1) is 6.92 Å². The third kappa shape index (κ3) is 4.07. The fourth-order valence-electron chi connectivity index (χ4n) is 5.49. The predicted molar refractivity (Wildman–Crippen MR) is 153 cm³/mol. The highest BCUT2D eigenvalue weighted by Crippen LogP contribution is 2.47. The van der Waals surface area contributed by atoms with Crippen molar-refractivity contribution < 1.29 is 9.47 Å². The zero-order valence-electron chi connectivity index (χ0n) is 21.9. The first-order valence-electron chi connectivity index (χ1n) is 13.1. The largest absolute Gasteiger partial charge is 0.497 e. The fourth-order valence-corrected chi connectivity index (χ4v) is 5.49. The SMILES string of the molecule is COc1ccc(NC2=Nc3ccccc3N3C2=Nc2c(c(C)nn2-c2ccccc2)C3N2CCOCC2)cc1. The molecule has 0 radical (unpaired) electrons. The minimum absolute atomic E-state index is 0.113. The van der Waals surface area contributed by atoms with Crippen molar-refractivity contribution in [2.24, 2.45) is 9.98 Å². The number of amidine groups is 2. The van der Waals surface area contributed by atoms with Gasteiger partial charge in [-0.2, -0.15) is 5.10 Å². The maximum atomic E-state index is 5.75. The van der Waals surface area contributed by atoms with Crippen molar-refractivity contribution >= 4 is 34.6 Å². The molecule has 3 aliphatic rings. The van der Waals surface area contributed by atoms with Crippen LogP contribution in [0.4, 0.5) is 22.9 Å². The topological polar surface area (TPSA) is 79.5 Å². The lowest BCUT2D eigenvalue weighted by Crippen LogP contribution is -2.54. The molecule has 4 heterocycles. The van der Waals surface area contributed by atoms with Crippen LogP contribution in [0.15, 0.2) is 88.8 Å². The summed E-state index contributed by atoms with van der Waals surface area (Å²) in [6.45, 7) is 5.07. The van der Waals surface area contributed by atoms with Crippen molar-refractivity contribution in [2.45, 2.75) is 13.1 Å². The Morgan fingerprint density at radius 1 is 0.897 bits per heavy atom. The van der Waals surface area contributed by atoms with E-state index in [9.17, 15) is 0 Å². The van der Waals surface area contributed by atoms with E-state index in [1.165, 1.54) is 0 Å². The average Bonchev–Trinajstić information content (AvgIpc) is 3.33. The van der Waals surface area contributed by atoms with Gasteiger partial charge in [0.05, 0.1) is 48.6 Å². The van der Waals surface area contributed by atoms with Gasteiger partial charge < -0.3 is 19.7 Å². The van der Waals surface area contributed by atoms with E-state index < -0.39 is 0 Å². The molecule has 1 unspecified atom stereocenters. The number of para-hydroxylation sites is 3. The van der Waals surface area contributed by atoms with Crippen molar-refractivity contribution in [2.75, 3.05) is 43.6 Å². The van der Waals surface area contributed by atoms with Gasteiger partial charge in [0.15, 0.2) is 17.5 Å². The van der Waals surface area contributed by atoms with E-state index >= 15 is 0 Å². The molecule has 1 saturated heterocycles. The minimum Gasteiger partial charge on any atom is -0.497 e. The van der Waals surface area contributed by atoms with Crippen molar-refractivity contribution in [3.63, 3.8) is 0 Å². The summed E-state index contributed by atoms with van der Waals surface area (Å²) in [7, 11) is 1.67. The van der Waals surface area contributed by atoms with Crippen molar-refractivity contribution in [1.29, 1.82) is 0 Å². The molecular formula is C30H29N7O2. The Morgan fingerprint density at radius 3 is 2.41 bits per heavy atom. The Bertz CT molecular complexity index is 1570. The summed E-state index contributed by atoms with van der Waals surface area (Å²) in [5.74, 6) is 3.06. The zero-order valence-corrected chi connectivity index (χ0v) is 21.9. The number of morpholine rings is 1. The van der Waals surface area contributed by atoms with Gasteiger partial charge in [0, 0.05) is 18.8 Å². The zero-order chi connectivity index (χ0) is 26.3. The molecule has 0 aliphatic carbocycles. The van der Waals surface area contributed by atoms with Crippen LogP contribution in [0.3, 0.4) is 0 Å². The van der Waals surface area contributed by atoms with Gasteiger partial charge in [-0.3, -0.25) is 4.90 Å². The molecule has 1 atom stereocenters. The lowest BCUT2D eigenvalue weighted by molar-refractivity contribution is 0.0177. The highest BCUT2D eigenvalue weighted by atomic mass is 16.5. The summed E-state index contributed by atoms with van der Waals surface area (Å²) in [5, 5.41) is 8.54. The molecule has 1 N–H and O–H groups in total. The molecule has 9 heteroatoms. The molecule has 0 bridgehead atoms. The number of benzene rings is 3. The molecule has 9 nitrogen and oxygen atoms in total. The lowest BCUT2D eigenvalue weighted by atomic mass is 10.0. The number of aromatic nitrogens is 2. The van der Waals surface area contributed by atoms with Gasteiger partial charge in [-0.05, 0) is 55.5 Å². The molecular weight excluding hydrogens is 490 g/mol. The fraction of sp³-hybridized carbons (Fsp3) is 0.233. The monoisotopic (exact) mass is 519 g/mol. The van der Waals surface area contributed by atoms with Gasteiger partial charge in [-0.1, -0.05) is 30.3 Å². The standard InChI is InChI=1S/C30H29N7O2/c1-20-26-28(37(34-20)22-8-4-3-5-9-22)33-29-27(31-21-12-14-23(38-2)15-13-21)32-24-10-6-7-11-25(24)36(29)30(26)35-16-18-39-19-17-35/h3-15,30H,16-19H2,1-2H3,(H,31,32). The predicted octanol–water partition coefficient (Wildman–Crippen LogP) is 5.23. The van der Waals surface area contributed by atoms with E-state index in [1.807, 2.05) is 59.3 Å². The second-order valence-corrected chi connectivity index (χ2v) is 9.70. The summed E-state index contributed by atoms with van der Waals surface area (Å²) in [4.78, 5) is 15.1. The maximum Gasteiger partial charge on any atom is 0.180 e. The Labute approximate surface area is 227 Å². The third-order valence-electron chi connectivity index (χ3n) is 7.35. The Balaban J connectivity index is 1.43. The molecule has 3 aliphatic heterocycles. The van der Waals surface area contributed by atoms with E-state index in [0.29, 0.717) is 19.0 Å². The molecule has 39 heavy (non-hydrogen) atoms. The van der Waals surface area contributed by atoms with E-state index in [0.717, 1.165) is 64.5 Å². The number of hydrogen-bond acceptors (Lipinski definition) is 8. The van der Waals surface area contributed by atoms with Crippen LogP contribution >= 0.6 is 0 Å². The number of rotatable bonds is 4. The molecule has 0 amide bonds. The number of methoxy groups -OCH3 is 1. The summed E-state index contributed by atoms with van der Waals surface area (Å²) in [6.07, 6.45) is -0.113. The van der Waals surface area contributed by atoms with Crippen LogP contribution in [0.5, 0.6) is 5.75 Å². The van der Waals surface area contributed by atoms with Crippen LogP contribution in [0.2, 0.25) is 0 Å². The van der Waals surface area contributed by atoms with Gasteiger partial charge in [-0.25, -0.2) is 14.7 Å². The van der Waals surface area contributed by atoms with E-state index in [2.05, 4.69) is 46.3 Å². The lowest BCUT2D eigenvalue weighted by Gasteiger charge is -2.46. The van der Waals surface area contributed by atoms with Crippen LogP contribution in [-0.4, -0.2) is 59.8 Å². The summed E-state index contributed by atoms with van der Waals surface area (Å²) >= 11 is 0. The average molecular weight is 520 g/mol. The van der Waals surface area contributed by atoms with Crippen molar-refractivity contribution in [3.05, 3.63) is 90.1 Å². The quantitative estimate of drug-likeness (QED) is 0.398. The Morgan fingerprint density at radius 2 is 1.64 bits per heavy atom. The van der Waals surface area contributed by atoms with Gasteiger partial charge in [0.2, 0.25) is 0 Å². The maximum absolute atomic E-state index is 5.75. The van der Waals surface area contributed by atoms with Crippen molar-refractivity contribution in [1.82, 2.24) is 14.7 Å². The van der Waals surface area contributed by atoms with Gasteiger partial charge in [0.25, 0.3) is 0 Å². The molecule has 1 aromatic heterocycles. The number of aryl methyl sites for hydroxylation is 1. The first-order valence-corrected chi connectivity index (χ1v) is 13.1. The second kappa shape index (κ2) is 9.68. The van der Waals surface area contributed by atoms with E-state index in [4.69, 9.17) is 24.6 Å². The molecule has 4 aromatic rings. The number of nitrogens with one attached hydrogen (secondary N) is 1. The third-order valence-corrected chi connectivity index (χ3v) is 7.35. The molecule has 196 valence electrons. The van der Waals surface area contributed by atoms with Crippen molar-refractivity contribution in [3.8, 4) is 11.4 Å².